The van der Waals surface area contributed by atoms with Gasteiger partial charge in [0.2, 0.25) is 10.0 Å². The lowest BCUT2D eigenvalue weighted by molar-refractivity contribution is 0.414. The molecule has 100 valence electrons. The number of ether oxygens (including phenoxy) is 1. The molecule has 0 unspecified atom stereocenters. The van der Waals surface area contributed by atoms with Gasteiger partial charge in [-0.05, 0) is 42.5 Å². The first-order valence-corrected chi connectivity index (χ1v) is 7.73. The second-order valence-corrected chi connectivity index (χ2v) is 6.67. The first-order valence-electron chi connectivity index (χ1n) is 5.71. The molecule has 0 saturated heterocycles. The first-order chi connectivity index (χ1) is 8.51. The van der Waals surface area contributed by atoms with Crippen molar-refractivity contribution in [3.05, 3.63) is 24.3 Å². The van der Waals surface area contributed by atoms with E-state index in [2.05, 4.69) is 4.72 Å². The first kappa shape index (κ1) is 13.6. The monoisotopic (exact) mass is 289 g/mol. The van der Waals surface area contributed by atoms with Crippen molar-refractivity contribution in [2.45, 2.75) is 17.7 Å². The highest BCUT2D eigenvalue weighted by atomic mass is 35.5. The summed E-state index contributed by atoms with van der Waals surface area (Å²) in [5.41, 5.74) is -0.0267. The van der Waals surface area contributed by atoms with Crippen LogP contribution in [0.3, 0.4) is 0 Å². The van der Waals surface area contributed by atoms with E-state index in [-0.39, 0.29) is 10.3 Å². The number of hydrogen-bond donors (Lipinski definition) is 1. The van der Waals surface area contributed by atoms with Gasteiger partial charge >= 0.3 is 0 Å². The largest absolute Gasteiger partial charge is 0.497 e. The predicted molar refractivity (Wildman–Crippen MR) is 70.6 cm³/mol. The van der Waals surface area contributed by atoms with Gasteiger partial charge in [0, 0.05) is 12.4 Å². The maximum Gasteiger partial charge on any atom is 0.240 e. The molecule has 1 aromatic rings. The molecule has 1 aliphatic rings. The Hall–Kier alpha value is -0.780. The summed E-state index contributed by atoms with van der Waals surface area (Å²) in [7, 11) is -1.91. The Kier molecular flexibility index (Phi) is 3.84. The second kappa shape index (κ2) is 5.07. The molecule has 0 atom stereocenters. The van der Waals surface area contributed by atoms with E-state index in [1.165, 1.54) is 12.1 Å². The predicted octanol–water partition coefficient (Wildman–Crippen LogP) is 1.99. The number of nitrogens with one attached hydrogen (secondary N) is 1. The molecular formula is C12H16ClNO3S. The average molecular weight is 290 g/mol. The molecule has 0 spiro atoms. The molecule has 1 aliphatic carbocycles. The third-order valence-electron chi connectivity index (χ3n) is 3.25. The van der Waals surface area contributed by atoms with Crippen molar-refractivity contribution in [3.8, 4) is 5.75 Å². The number of alkyl halides is 1. The Bertz CT molecular complexity index is 509. The van der Waals surface area contributed by atoms with Crippen molar-refractivity contribution in [1.29, 1.82) is 0 Å². The summed E-state index contributed by atoms with van der Waals surface area (Å²) in [6.45, 7) is 0.408. The summed E-state index contributed by atoms with van der Waals surface area (Å²) in [6.07, 6.45) is 1.98. The van der Waals surface area contributed by atoms with E-state index >= 15 is 0 Å². The summed E-state index contributed by atoms with van der Waals surface area (Å²) < 4.78 is 31.7. The van der Waals surface area contributed by atoms with E-state index in [4.69, 9.17) is 16.3 Å². The van der Waals surface area contributed by atoms with Crippen LogP contribution >= 0.6 is 11.6 Å². The Labute approximate surface area is 112 Å². The smallest absolute Gasteiger partial charge is 0.240 e. The summed E-state index contributed by atoms with van der Waals surface area (Å²) >= 11 is 5.82. The summed E-state index contributed by atoms with van der Waals surface area (Å²) in [5, 5.41) is 0. The summed E-state index contributed by atoms with van der Waals surface area (Å²) in [5.74, 6) is 1.13. The number of rotatable bonds is 6. The lowest BCUT2D eigenvalue weighted by atomic mass is 10.1. The Morgan fingerprint density at radius 2 is 1.94 bits per heavy atom. The minimum absolute atomic E-state index is 0.0267. The van der Waals surface area contributed by atoms with Crippen molar-refractivity contribution >= 4 is 21.6 Å². The van der Waals surface area contributed by atoms with Gasteiger partial charge in [-0.3, -0.25) is 0 Å². The molecule has 4 nitrogen and oxygen atoms in total. The van der Waals surface area contributed by atoms with Crippen molar-refractivity contribution in [2.24, 2.45) is 5.41 Å². The molecule has 0 aliphatic heterocycles. The van der Waals surface area contributed by atoms with Crippen molar-refractivity contribution < 1.29 is 13.2 Å². The van der Waals surface area contributed by atoms with Gasteiger partial charge in [-0.25, -0.2) is 13.1 Å². The van der Waals surface area contributed by atoms with Crippen LogP contribution in [0.25, 0.3) is 0 Å². The molecule has 6 heteroatoms. The SMILES string of the molecule is COc1ccc(S(=O)(=O)NCC2(CCl)CC2)cc1. The number of hydrogen-bond acceptors (Lipinski definition) is 3. The van der Waals surface area contributed by atoms with E-state index in [9.17, 15) is 8.42 Å². The topological polar surface area (TPSA) is 55.4 Å². The number of benzene rings is 1. The molecule has 2 rings (SSSR count). The maximum atomic E-state index is 12.0. The van der Waals surface area contributed by atoms with Crippen LogP contribution in [0.2, 0.25) is 0 Å². The molecule has 18 heavy (non-hydrogen) atoms. The van der Waals surface area contributed by atoms with Crippen LogP contribution in [0.15, 0.2) is 29.2 Å². The van der Waals surface area contributed by atoms with E-state index in [1.807, 2.05) is 0 Å². The zero-order valence-electron chi connectivity index (χ0n) is 10.1. The average Bonchev–Trinajstić information content (AvgIpc) is 3.17. The molecule has 1 fully saturated rings. The number of methoxy groups -OCH3 is 1. The number of sulfonamides is 1. The molecule has 0 radical (unpaired) electrons. The number of halogens is 1. The minimum atomic E-state index is -3.45. The van der Waals surface area contributed by atoms with E-state index in [0.717, 1.165) is 12.8 Å². The normalized spacial score (nSPS) is 17.4. The van der Waals surface area contributed by atoms with Crippen molar-refractivity contribution in [3.63, 3.8) is 0 Å². The van der Waals surface area contributed by atoms with Gasteiger partial charge in [0.1, 0.15) is 5.75 Å². The van der Waals surface area contributed by atoms with Crippen LogP contribution in [0.4, 0.5) is 0 Å². The molecule has 0 bridgehead atoms. The van der Waals surface area contributed by atoms with Crippen LogP contribution in [0.5, 0.6) is 5.75 Å². The van der Waals surface area contributed by atoms with E-state index in [1.54, 1.807) is 19.2 Å². The van der Waals surface area contributed by atoms with Gasteiger partial charge < -0.3 is 4.74 Å². The Morgan fingerprint density at radius 3 is 2.39 bits per heavy atom. The van der Waals surface area contributed by atoms with Crippen LogP contribution in [-0.4, -0.2) is 28.0 Å². The van der Waals surface area contributed by atoms with Crippen LogP contribution < -0.4 is 9.46 Å². The Morgan fingerprint density at radius 1 is 1.33 bits per heavy atom. The molecule has 1 aromatic carbocycles. The zero-order chi connectivity index (χ0) is 13.2. The van der Waals surface area contributed by atoms with Gasteiger partial charge in [0.15, 0.2) is 0 Å². The molecule has 1 N–H and O–H groups in total. The van der Waals surface area contributed by atoms with Gasteiger partial charge in [-0.2, -0.15) is 0 Å². The summed E-state index contributed by atoms with van der Waals surface area (Å²) in [4.78, 5) is 0.244. The van der Waals surface area contributed by atoms with Gasteiger partial charge in [0.25, 0.3) is 0 Å². The third kappa shape index (κ3) is 2.96. The van der Waals surface area contributed by atoms with Gasteiger partial charge in [-0.15, -0.1) is 11.6 Å². The highest BCUT2D eigenvalue weighted by Crippen LogP contribution is 2.46. The van der Waals surface area contributed by atoms with E-state index < -0.39 is 10.0 Å². The van der Waals surface area contributed by atoms with E-state index in [0.29, 0.717) is 18.2 Å². The van der Waals surface area contributed by atoms with Gasteiger partial charge in [-0.1, -0.05) is 0 Å². The molecule has 0 heterocycles. The van der Waals surface area contributed by atoms with Crippen LogP contribution in [0.1, 0.15) is 12.8 Å². The maximum absolute atomic E-state index is 12.0. The molecule has 0 aromatic heterocycles. The van der Waals surface area contributed by atoms with Crippen molar-refractivity contribution in [1.82, 2.24) is 4.72 Å². The standard InChI is InChI=1S/C12H16ClNO3S/c1-17-10-2-4-11(5-3-10)18(15,16)14-9-12(8-13)6-7-12/h2-5,14H,6-9H2,1H3. The lowest BCUT2D eigenvalue weighted by Crippen LogP contribution is -2.31. The highest BCUT2D eigenvalue weighted by molar-refractivity contribution is 7.89. The third-order valence-corrected chi connectivity index (χ3v) is 5.23. The molecule has 1 saturated carbocycles. The lowest BCUT2D eigenvalue weighted by Gasteiger charge is -2.13. The highest BCUT2D eigenvalue weighted by Gasteiger charge is 2.42. The van der Waals surface area contributed by atoms with Crippen LogP contribution in [-0.2, 0) is 10.0 Å². The fraction of sp³-hybridized carbons (Fsp3) is 0.500. The zero-order valence-corrected chi connectivity index (χ0v) is 11.7. The van der Waals surface area contributed by atoms with Crippen molar-refractivity contribution in [2.75, 3.05) is 19.5 Å². The minimum Gasteiger partial charge on any atom is -0.497 e. The fourth-order valence-corrected chi connectivity index (χ4v) is 3.14. The summed E-state index contributed by atoms with van der Waals surface area (Å²) in [6, 6.07) is 6.31. The Balaban J connectivity index is 2.05. The molecular weight excluding hydrogens is 274 g/mol. The fourth-order valence-electron chi connectivity index (χ4n) is 1.62. The molecule has 0 amide bonds. The van der Waals surface area contributed by atoms with Crippen LogP contribution in [0, 0.1) is 5.41 Å². The van der Waals surface area contributed by atoms with Gasteiger partial charge in [0.05, 0.1) is 12.0 Å². The quantitative estimate of drug-likeness (QED) is 0.815. The second-order valence-electron chi connectivity index (χ2n) is 4.63.